The summed E-state index contributed by atoms with van der Waals surface area (Å²) in [4.78, 5) is 14.0. The highest BCUT2D eigenvalue weighted by atomic mass is 35.5. The second-order valence-corrected chi connectivity index (χ2v) is 9.71. The van der Waals surface area contributed by atoms with Crippen molar-refractivity contribution in [1.82, 2.24) is 14.5 Å². The van der Waals surface area contributed by atoms with Gasteiger partial charge in [0.15, 0.2) is 5.82 Å². The number of nitrogens with zero attached hydrogens (tertiary/aromatic N) is 6. The summed E-state index contributed by atoms with van der Waals surface area (Å²) in [5.74, 6) is 2.21. The van der Waals surface area contributed by atoms with Crippen LogP contribution >= 0.6 is 11.6 Å². The number of hydrazone groups is 1. The van der Waals surface area contributed by atoms with E-state index in [4.69, 9.17) is 31.0 Å². The summed E-state index contributed by atoms with van der Waals surface area (Å²) in [7, 11) is 0. The lowest BCUT2D eigenvalue weighted by Crippen LogP contribution is -2.39. The van der Waals surface area contributed by atoms with Crippen LogP contribution in [0.15, 0.2) is 65.9 Å². The molecule has 0 aliphatic carbocycles. The van der Waals surface area contributed by atoms with Gasteiger partial charge >= 0.3 is 0 Å². The largest absolute Gasteiger partial charge is 0.378 e. The summed E-state index contributed by atoms with van der Waals surface area (Å²) in [6, 6.07) is 18.2. The van der Waals surface area contributed by atoms with Gasteiger partial charge in [0, 0.05) is 66.5 Å². The van der Waals surface area contributed by atoms with E-state index in [2.05, 4.69) is 49.3 Å². The summed E-state index contributed by atoms with van der Waals surface area (Å²) in [6.07, 6.45) is 3.95. The zero-order chi connectivity index (χ0) is 25.7. The van der Waals surface area contributed by atoms with Crippen LogP contribution in [-0.4, -0.2) is 73.4 Å². The summed E-state index contributed by atoms with van der Waals surface area (Å²) < 4.78 is 13.3. The molecule has 10 heteroatoms. The summed E-state index contributed by atoms with van der Waals surface area (Å²) in [5.41, 5.74) is 6.37. The first kappa shape index (κ1) is 24.7. The van der Waals surface area contributed by atoms with E-state index in [0.29, 0.717) is 44.7 Å². The van der Waals surface area contributed by atoms with Crippen LogP contribution in [-0.2, 0) is 16.0 Å². The Morgan fingerprint density at radius 1 is 0.895 bits per heavy atom. The number of para-hydroxylation sites is 1. The zero-order valence-electron chi connectivity index (χ0n) is 21.1. The molecule has 196 valence electrons. The van der Waals surface area contributed by atoms with Crippen LogP contribution in [0.2, 0.25) is 5.02 Å². The predicted octanol–water partition coefficient (Wildman–Crippen LogP) is 4.25. The summed E-state index contributed by atoms with van der Waals surface area (Å²) >= 11 is 6.44. The second-order valence-electron chi connectivity index (χ2n) is 9.30. The molecule has 0 radical (unpaired) electrons. The third-order valence-corrected chi connectivity index (χ3v) is 7.20. The first-order valence-corrected chi connectivity index (χ1v) is 13.3. The van der Waals surface area contributed by atoms with Crippen LogP contribution in [0.1, 0.15) is 11.1 Å². The molecule has 6 rings (SSSR count). The molecule has 9 nitrogen and oxygen atoms in total. The molecule has 2 aromatic carbocycles. The minimum Gasteiger partial charge on any atom is -0.378 e. The van der Waals surface area contributed by atoms with Crippen LogP contribution in [0.5, 0.6) is 0 Å². The van der Waals surface area contributed by atoms with Crippen molar-refractivity contribution in [2.75, 3.05) is 67.8 Å². The fraction of sp³-hybridized carbons (Fsp3) is 0.321. The van der Waals surface area contributed by atoms with Crippen molar-refractivity contribution >= 4 is 46.3 Å². The maximum Gasteiger partial charge on any atom is 0.229 e. The van der Waals surface area contributed by atoms with Gasteiger partial charge in [0.05, 0.1) is 32.6 Å². The van der Waals surface area contributed by atoms with E-state index in [1.165, 1.54) is 0 Å². The van der Waals surface area contributed by atoms with Gasteiger partial charge in [-0.25, -0.2) is 0 Å². The second kappa shape index (κ2) is 11.4. The van der Waals surface area contributed by atoms with Gasteiger partial charge in [0.25, 0.3) is 0 Å². The number of benzene rings is 2. The number of nitrogens with one attached hydrogen (secondary N) is 1. The van der Waals surface area contributed by atoms with Crippen molar-refractivity contribution in [3.8, 4) is 0 Å². The van der Waals surface area contributed by atoms with E-state index < -0.39 is 0 Å². The number of hydrogen-bond acceptors (Lipinski definition) is 8. The fourth-order valence-electron chi connectivity index (χ4n) is 4.83. The van der Waals surface area contributed by atoms with Crippen LogP contribution in [0.3, 0.4) is 0 Å². The van der Waals surface area contributed by atoms with Gasteiger partial charge in [-0.2, -0.15) is 15.1 Å². The minimum absolute atomic E-state index is 0.652. The standard InChI is InChI=1S/C28H30ClN7O2/c29-24-7-3-1-5-21(24)19-36-20-22(23-6-2-4-8-25(23)36)18-30-33-26-17-27(34-9-13-37-14-10-34)32-28(31-26)35-11-15-38-16-12-35/h1-8,17-18,20H,9-16,19H2,(H,31,32,33)/b30-18-. The zero-order valence-corrected chi connectivity index (χ0v) is 21.8. The van der Waals surface area contributed by atoms with Gasteiger partial charge in [-0.15, -0.1) is 0 Å². The monoisotopic (exact) mass is 531 g/mol. The maximum absolute atomic E-state index is 6.44. The summed E-state index contributed by atoms with van der Waals surface area (Å²) in [6.45, 7) is 6.53. The van der Waals surface area contributed by atoms with Crippen molar-refractivity contribution in [3.05, 3.63) is 76.9 Å². The van der Waals surface area contributed by atoms with E-state index in [1.807, 2.05) is 42.6 Å². The van der Waals surface area contributed by atoms with Gasteiger partial charge < -0.3 is 23.8 Å². The SMILES string of the molecule is Clc1ccccc1Cn1cc(/C=N\Nc2cc(N3CCOCC3)nc(N3CCOCC3)n2)c2ccccc21. The smallest absolute Gasteiger partial charge is 0.229 e. The molecule has 4 aromatic rings. The third-order valence-electron chi connectivity index (χ3n) is 6.83. The quantitative estimate of drug-likeness (QED) is 0.282. The molecule has 2 aliphatic heterocycles. The Labute approximate surface area is 226 Å². The average Bonchev–Trinajstić information content (AvgIpc) is 3.32. The molecular formula is C28H30ClN7O2. The first-order chi connectivity index (χ1) is 18.7. The lowest BCUT2D eigenvalue weighted by atomic mass is 10.2. The molecule has 1 N–H and O–H groups in total. The molecular weight excluding hydrogens is 502 g/mol. The number of hydrogen-bond donors (Lipinski definition) is 1. The highest BCUT2D eigenvalue weighted by molar-refractivity contribution is 6.31. The van der Waals surface area contributed by atoms with Gasteiger partial charge in [0.2, 0.25) is 5.95 Å². The normalized spacial score (nSPS) is 16.4. The van der Waals surface area contributed by atoms with E-state index in [1.54, 1.807) is 0 Å². The van der Waals surface area contributed by atoms with Crippen molar-refractivity contribution in [2.24, 2.45) is 5.10 Å². The molecule has 0 saturated carbocycles. The van der Waals surface area contributed by atoms with Gasteiger partial charge in [-0.05, 0) is 17.7 Å². The Morgan fingerprint density at radius 2 is 1.61 bits per heavy atom. The molecule has 2 aliphatic rings. The topological polar surface area (TPSA) is 80.0 Å². The molecule has 2 fully saturated rings. The van der Waals surface area contributed by atoms with Crippen molar-refractivity contribution in [1.29, 1.82) is 0 Å². The minimum atomic E-state index is 0.652. The number of morpholine rings is 2. The number of anilines is 3. The molecule has 0 unspecified atom stereocenters. The fourth-order valence-corrected chi connectivity index (χ4v) is 5.02. The van der Waals surface area contributed by atoms with Gasteiger partial charge in [0.1, 0.15) is 5.82 Å². The first-order valence-electron chi connectivity index (χ1n) is 12.9. The van der Waals surface area contributed by atoms with Crippen LogP contribution < -0.4 is 15.2 Å². The lowest BCUT2D eigenvalue weighted by molar-refractivity contribution is 0.121. The van der Waals surface area contributed by atoms with Crippen LogP contribution in [0.4, 0.5) is 17.6 Å². The Balaban J connectivity index is 1.26. The Morgan fingerprint density at radius 3 is 2.39 bits per heavy atom. The van der Waals surface area contributed by atoms with E-state index in [9.17, 15) is 0 Å². The van der Waals surface area contributed by atoms with E-state index in [0.717, 1.165) is 59.0 Å². The molecule has 38 heavy (non-hydrogen) atoms. The van der Waals surface area contributed by atoms with E-state index >= 15 is 0 Å². The summed E-state index contributed by atoms with van der Waals surface area (Å²) in [5, 5.41) is 6.46. The molecule has 0 spiro atoms. The van der Waals surface area contributed by atoms with Crippen LogP contribution in [0, 0.1) is 0 Å². The number of aromatic nitrogens is 3. The number of fused-ring (bicyclic) bond motifs is 1. The van der Waals surface area contributed by atoms with E-state index in [-0.39, 0.29) is 0 Å². The van der Waals surface area contributed by atoms with Crippen molar-refractivity contribution in [3.63, 3.8) is 0 Å². The Bertz CT molecular complexity index is 1390. The highest BCUT2D eigenvalue weighted by Crippen LogP contribution is 2.25. The third kappa shape index (κ3) is 5.45. The molecule has 2 aromatic heterocycles. The number of halogens is 1. The predicted molar refractivity (Wildman–Crippen MR) is 152 cm³/mol. The van der Waals surface area contributed by atoms with Crippen molar-refractivity contribution < 1.29 is 9.47 Å². The Hall–Kier alpha value is -3.66. The molecule has 2 saturated heterocycles. The van der Waals surface area contributed by atoms with Crippen LogP contribution in [0.25, 0.3) is 10.9 Å². The Kier molecular flexibility index (Phi) is 7.39. The molecule has 4 heterocycles. The van der Waals surface area contributed by atoms with Gasteiger partial charge in [-0.1, -0.05) is 48.0 Å². The average molecular weight is 532 g/mol. The number of rotatable bonds is 7. The molecule has 0 amide bonds. The highest BCUT2D eigenvalue weighted by Gasteiger charge is 2.19. The molecule has 0 bridgehead atoms. The molecule has 0 atom stereocenters. The maximum atomic E-state index is 6.44. The van der Waals surface area contributed by atoms with Gasteiger partial charge in [-0.3, -0.25) is 5.43 Å². The van der Waals surface area contributed by atoms with Crippen molar-refractivity contribution in [2.45, 2.75) is 6.54 Å². The lowest BCUT2D eigenvalue weighted by Gasteiger charge is -2.31. The number of ether oxygens (including phenoxy) is 2.